The van der Waals surface area contributed by atoms with Gasteiger partial charge in [-0.15, -0.1) is 11.6 Å². The van der Waals surface area contributed by atoms with E-state index in [1.165, 1.54) is 5.56 Å². The highest BCUT2D eigenvalue weighted by molar-refractivity contribution is 6.27. The van der Waals surface area contributed by atoms with E-state index in [1.807, 2.05) is 31.2 Å². The van der Waals surface area contributed by atoms with Crippen molar-refractivity contribution in [3.05, 3.63) is 35.4 Å². The molecule has 0 amide bonds. The summed E-state index contributed by atoms with van der Waals surface area (Å²) in [5.41, 5.74) is 2.32. The van der Waals surface area contributed by atoms with Gasteiger partial charge in [-0.1, -0.05) is 29.8 Å². The zero-order valence-electron chi connectivity index (χ0n) is 6.96. The van der Waals surface area contributed by atoms with Gasteiger partial charge in [0.25, 0.3) is 0 Å². The molecule has 0 aliphatic heterocycles. The predicted octanol–water partition coefficient (Wildman–Crippen LogP) is 2.34. The Labute approximate surface area is 77.4 Å². The Hall–Kier alpha value is -0.820. The lowest BCUT2D eigenvalue weighted by Gasteiger charge is -2.01. The van der Waals surface area contributed by atoms with Crippen LogP contribution in [0.5, 0.6) is 0 Å². The van der Waals surface area contributed by atoms with Gasteiger partial charge in [0.1, 0.15) is 6.29 Å². The van der Waals surface area contributed by atoms with Gasteiger partial charge in [-0.3, -0.25) is 0 Å². The molecule has 0 aliphatic rings. The van der Waals surface area contributed by atoms with Gasteiger partial charge in [0.2, 0.25) is 0 Å². The first-order valence-corrected chi connectivity index (χ1v) is 4.31. The van der Waals surface area contributed by atoms with Gasteiger partial charge in [-0.25, -0.2) is 0 Å². The lowest BCUT2D eigenvalue weighted by atomic mass is 10.1. The Kier molecular flexibility index (Phi) is 3.30. The van der Waals surface area contributed by atoms with E-state index < -0.39 is 5.38 Å². The minimum absolute atomic E-state index is 0.396. The summed E-state index contributed by atoms with van der Waals surface area (Å²) in [5, 5.41) is -0.396. The van der Waals surface area contributed by atoms with E-state index in [2.05, 4.69) is 0 Å². The first kappa shape index (κ1) is 9.27. The number of benzene rings is 1. The van der Waals surface area contributed by atoms with Gasteiger partial charge in [-0.05, 0) is 18.9 Å². The van der Waals surface area contributed by atoms with Crippen molar-refractivity contribution in [2.24, 2.45) is 0 Å². The van der Waals surface area contributed by atoms with E-state index in [1.54, 1.807) is 0 Å². The highest BCUT2D eigenvalue weighted by Crippen LogP contribution is 2.07. The zero-order valence-corrected chi connectivity index (χ0v) is 7.71. The van der Waals surface area contributed by atoms with Crippen LogP contribution in [0.3, 0.4) is 0 Å². The molecule has 0 heterocycles. The van der Waals surface area contributed by atoms with E-state index >= 15 is 0 Å². The smallest absolute Gasteiger partial charge is 0.138 e. The molecule has 1 nitrogen and oxygen atoms in total. The molecule has 0 aliphatic carbocycles. The van der Waals surface area contributed by atoms with Crippen LogP contribution in [0.15, 0.2) is 24.3 Å². The summed E-state index contributed by atoms with van der Waals surface area (Å²) in [7, 11) is 0. The predicted molar refractivity (Wildman–Crippen MR) is 50.6 cm³/mol. The molecule has 0 aromatic heterocycles. The van der Waals surface area contributed by atoms with Crippen LogP contribution in [0, 0.1) is 6.92 Å². The molecule has 12 heavy (non-hydrogen) atoms. The van der Waals surface area contributed by atoms with Crippen LogP contribution in [-0.2, 0) is 11.2 Å². The van der Waals surface area contributed by atoms with Crippen molar-refractivity contribution in [3.63, 3.8) is 0 Å². The fraction of sp³-hybridized carbons (Fsp3) is 0.300. The van der Waals surface area contributed by atoms with Crippen molar-refractivity contribution in [1.29, 1.82) is 0 Å². The standard InChI is InChI=1S/C10H11ClO/c1-8-2-4-9(5-3-8)6-10(11)7-12/h2-5,7,10H,6H2,1H3/t10-/m0/s1. The molecule has 64 valence electrons. The molecular weight excluding hydrogens is 172 g/mol. The second-order valence-electron chi connectivity index (χ2n) is 2.84. The van der Waals surface area contributed by atoms with E-state index in [-0.39, 0.29) is 0 Å². The SMILES string of the molecule is Cc1ccc(C[C@H](Cl)C=O)cc1. The second kappa shape index (κ2) is 4.27. The maximum atomic E-state index is 10.2. The maximum Gasteiger partial charge on any atom is 0.138 e. The van der Waals surface area contributed by atoms with Crippen molar-refractivity contribution in [2.45, 2.75) is 18.7 Å². The first-order chi connectivity index (χ1) is 5.72. The summed E-state index contributed by atoms with van der Waals surface area (Å²) >= 11 is 5.67. The monoisotopic (exact) mass is 182 g/mol. The lowest BCUT2D eigenvalue weighted by molar-refractivity contribution is -0.107. The van der Waals surface area contributed by atoms with E-state index in [4.69, 9.17) is 11.6 Å². The van der Waals surface area contributed by atoms with Crippen molar-refractivity contribution in [1.82, 2.24) is 0 Å². The normalized spacial score (nSPS) is 12.5. The maximum absolute atomic E-state index is 10.2. The molecule has 0 saturated carbocycles. The summed E-state index contributed by atoms with van der Waals surface area (Å²) in [6.07, 6.45) is 1.38. The van der Waals surface area contributed by atoms with Gasteiger partial charge >= 0.3 is 0 Å². The third kappa shape index (κ3) is 2.67. The number of hydrogen-bond acceptors (Lipinski definition) is 1. The Balaban J connectivity index is 2.64. The van der Waals surface area contributed by atoms with Crippen LogP contribution >= 0.6 is 11.6 Å². The minimum atomic E-state index is -0.396. The van der Waals surface area contributed by atoms with Gasteiger partial charge in [0.05, 0.1) is 5.38 Å². The van der Waals surface area contributed by atoms with Crippen molar-refractivity contribution < 1.29 is 4.79 Å². The number of aldehydes is 1. The number of halogens is 1. The molecule has 0 spiro atoms. The number of aryl methyl sites for hydroxylation is 1. The highest BCUT2D eigenvalue weighted by Gasteiger charge is 2.02. The average Bonchev–Trinajstić information content (AvgIpc) is 2.09. The van der Waals surface area contributed by atoms with Crippen LogP contribution in [0.2, 0.25) is 0 Å². The van der Waals surface area contributed by atoms with Crippen molar-refractivity contribution in [3.8, 4) is 0 Å². The van der Waals surface area contributed by atoms with Crippen LogP contribution in [-0.4, -0.2) is 11.7 Å². The van der Waals surface area contributed by atoms with Gasteiger partial charge < -0.3 is 4.79 Å². The Morgan fingerprint density at radius 2 is 2.00 bits per heavy atom. The Morgan fingerprint density at radius 3 is 2.50 bits per heavy atom. The molecule has 1 atom stereocenters. The summed E-state index contributed by atoms with van der Waals surface area (Å²) in [4.78, 5) is 10.2. The average molecular weight is 183 g/mol. The molecule has 0 fully saturated rings. The number of carbonyl (C=O) groups excluding carboxylic acids is 1. The molecular formula is C10H11ClO. The van der Waals surface area contributed by atoms with Crippen LogP contribution in [0.4, 0.5) is 0 Å². The Morgan fingerprint density at radius 1 is 1.42 bits per heavy atom. The number of alkyl halides is 1. The largest absolute Gasteiger partial charge is 0.302 e. The lowest BCUT2D eigenvalue weighted by Crippen LogP contribution is -2.03. The number of carbonyl (C=O) groups is 1. The summed E-state index contributed by atoms with van der Waals surface area (Å²) in [5.74, 6) is 0. The second-order valence-corrected chi connectivity index (χ2v) is 3.40. The van der Waals surface area contributed by atoms with E-state index in [0.717, 1.165) is 11.8 Å². The van der Waals surface area contributed by atoms with Crippen molar-refractivity contribution in [2.75, 3.05) is 0 Å². The van der Waals surface area contributed by atoms with Gasteiger partial charge in [-0.2, -0.15) is 0 Å². The Bertz CT molecular complexity index is 253. The van der Waals surface area contributed by atoms with Gasteiger partial charge in [0, 0.05) is 0 Å². The summed E-state index contributed by atoms with van der Waals surface area (Å²) < 4.78 is 0. The third-order valence-electron chi connectivity index (χ3n) is 1.70. The molecule has 0 radical (unpaired) electrons. The van der Waals surface area contributed by atoms with E-state index in [9.17, 15) is 4.79 Å². The number of rotatable bonds is 3. The van der Waals surface area contributed by atoms with Crippen LogP contribution in [0.25, 0.3) is 0 Å². The number of hydrogen-bond donors (Lipinski definition) is 0. The molecule has 0 unspecified atom stereocenters. The van der Waals surface area contributed by atoms with Crippen LogP contribution in [0.1, 0.15) is 11.1 Å². The molecule has 0 saturated heterocycles. The van der Waals surface area contributed by atoms with Gasteiger partial charge in [0.15, 0.2) is 0 Å². The molecule has 2 heteroatoms. The quantitative estimate of drug-likeness (QED) is 0.518. The first-order valence-electron chi connectivity index (χ1n) is 3.87. The van der Waals surface area contributed by atoms with E-state index in [0.29, 0.717) is 6.42 Å². The minimum Gasteiger partial charge on any atom is -0.302 e. The molecule has 0 bridgehead atoms. The fourth-order valence-corrected chi connectivity index (χ4v) is 1.18. The molecule has 1 aromatic rings. The van der Waals surface area contributed by atoms with Crippen LogP contribution < -0.4 is 0 Å². The van der Waals surface area contributed by atoms with Crippen molar-refractivity contribution >= 4 is 17.9 Å². The molecule has 1 rings (SSSR count). The highest BCUT2D eigenvalue weighted by atomic mass is 35.5. The molecule has 1 aromatic carbocycles. The zero-order chi connectivity index (χ0) is 8.97. The third-order valence-corrected chi connectivity index (χ3v) is 1.96. The topological polar surface area (TPSA) is 17.1 Å². The summed E-state index contributed by atoms with van der Waals surface area (Å²) in [6.45, 7) is 2.03. The fourth-order valence-electron chi connectivity index (χ4n) is 0.997. The summed E-state index contributed by atoms with van der Waals surface area (Å²) in [6, 6.07) is 8.02. The molecule has 0 N–H and O–H groups in total.